The molecule has 0 aliphatic carbocycles. The summed E-state index contributed by atoms with van der Waals surface area (Å²) >= 11 is 3.31. The topological polar surface area (TPSA) is 73.7 Å². The molecule has 0 radical (unpaired) electrons. The maximum atomic E-state index is 14.4. The average Bonchev–Trinajstić information content (AvgIpc) is 2.68. The summed E-state index contributed by atoms with van der Waals surface area (Å²) < 4.78 is 25.9. The molecular formula is C21H25BrFN3O4. The van der Waals surface area contributed by atoms with E-state index in [1.54, 1.807) is 32.9 Å². The van der Waals surface area contributed by atoms with Crippen LogP contribution in [0, 0.1) is 5.82 Å². The van der Waals surface area contributed by atoms with Gasteiger partial charge in [-0.15, -0.1) is 4.68 Å². The number of ether oxygens (including phenoxy) is 2. The zero-order valence-corrected chi connectivity index (χ0v) is 19.0. The molecule has 0 spiro atoms. The van der Waals surface area contributed by atoms with Gasteiger partial charge in [-0.25, -0.2) is 9.18 Å². The van der Waals surface area contributed by atoms with Gasteiger partial charge in [0.2, 0.25) is 0 Å². The van der Waals surface area contributed by atoms with Gasteiger partial charge < -0.3 is 14.4 Å². The molecule has 0 N–H and O–H groups in total. The van der Waals surface area contributed by atoms with E-state index in [2.05, 4.69) is 21.0 Å². The Morgan fingerprint density at radius 2 is 1.93 bits per heavy atom. The number of aromatic nitrogens is 2. The Morgan fingerprint density at radius 3 is 2.53 bits per heavy atom. The minimum absolute atomic E-state index is 0.0197. The number of benzene rings is 1. The Morgan fingerprint density at radius 1 is 1.27 bits per heavy atom. The van der Waals surface area contributed by atoms with E-state index in [1.807, 2.05) is 4.90 Å². The number of hydrogen-bond acceptors (Lipinski definition) is 6. The van der Waals surface area contributed by atoms with Crippen LogP contribution in [0.25, 0.3) is 0 Å². The Labute approximate surface area is 182 Å². The van der Waals surface area contributed by atoms with Crippen LogP contribution in [0.5, 0.6) is 5.75 Å². The van der Waals surface area contributed by atoms with Crippen LogP contribution >= 0.6 is 15.9 Å². The van der Waals surface area contributed by atoms with Gasteiger partial charge in [0.15, 0.2) is 0 Å². The molecule has 9 heteroatoms. The molecule has 0 saturated carbocycles. The number of piperidine rings is 1. The summed E-state index contributed by atoms with van der Waals surface area (Å²) in [5.41, 5.74) is -0.130. The smallest absolute Gasteiger partial charge is 0.438 e. The number of carbonyl (C=O) groups is 1. The monoisotopic (exact) mass is 481 g/mol. The molecule has 0 atom stereocenters. The van der Waals surface area contributed by atoms with Gasteiger partial charge in [0.1, 0.15) is 21.6 Å². The van der Waals surface area contributed by atoms with E-state index in [-0.39, 0.29) is 16.2 Å². The SMILES string of the molecule is COc1cccc(F)c1C1CCN(c2cnn(C(=O)OC(C)(C)C)c(=O)c2Br)CC1. The molecular weight excluding hydrogens is 457 g/mol. The number of hydrogen-bond donors (Lipinski definition) is 0. The highest BCUT2D eigenvalue weighted by Gasteiger charge is 2.28. The molecule has 7 nitrogen and oxygen atoms in total. The van der Waals surface area contributed by atoms with Crippen molar-refractivity contribution in [1.82, 2.24) is 9.78 Å². The van der Waals surface area contributed by atoms with Crippen molar-refractivity contribution in [2.45, 2.75) is 45.1 Å². The first-order valence-electron chi connectivity index (χ1n) is 9.71. The third-order valence-corrected chi connectivity index (χ3v) is 5.69. The number of carbonyl (C=O) groups excluding carboxylic acids is 1. The highest BCUT2D eigenvalue weighted by Crippen LogP contribution is 2.37. The molecule has 1 aliphatic heterocycles. The lowest BCUT2D eigenvalue weighted by Gasteiger charge is -2.34. The fourth-order valence-corrected chi connectivity index (χ4v) is 4.10. The summed E-state index contributed by atoms with van der Waals surface area (Å²) in [6, 6.07) is 4.85. The summed E-state index contributed by atoms with van der Waals surface area (Å²) in [6.45, 7) is 6.37. The molecule has 0 bridgehead atoms. The van der Waals surface area contributed by atoms with Crippen LogP contribution in [-0.4, -0.2) is 41.7 Å². The van der Waals surface area contributed by atoms with Gasteiger partial charge in [0, 0.05) is 18.7 Å². The van der Waals surface area contributed by atoms with Gasteiger partial charge in [-0.05, 0) is 67.6 Å². The summed E-state index contributed by atoms with van der Waals surface area (Å²) in [5.74, 6) is 0.304. The zero-order valence-electron chi connectivity index (χ0n) is 17.4. The van der Waals surface area contributed by atoms with Gasteiger partial charge in [-0.2, -0.15) is 5.10 Å². The van der Waals surface area contributed by atoms with E-state index in [0.717, 1.165) is 0 Å². The van der Waals surface area contributed by atoms with Crippen molar-refractivity contribution in [3.63, 3.8) is 0 Å². The molecule has 1 fully saturated rings. The molecule has 2 heterocycles. The van der Waals surface area contributed by atoms with Crippen LogP contribution in [0.2, 0.25) is 0 Å². The summed E-state index contributed by atoms with van der Waals surface area (Å²) in [7, 11) is 1.54. The maximum Gasteiger partial charge on any atom is 0.438 e. The Hall–Kier alpha value is -2.42. The Kier molecular flexibility index (Phi) is 6.50. The van der Waals surface area contributed by atoms with Gasteiger partial charge in [-0.3, -0.25) is 4.79 Å². The highest BCUT2D eigenvalue weighted by atomic mass is 79.9. The van der Waals surface area contributed by atoms with Gasteiger partial charge in [0.05, 0.1) is 19.0 Å². The normalized spacial score (nSPS) is 15.2. The first-order chi connectivity index (χ1) is 14.1. The molecule has 1 aliphatic rings. The Balaban J connectivity index is 1.77. The van der Waals surface area contributed by atoms with Crippen LogP contribution in [0.4, 0.5) is 14.9 Å². The first kappa shape index (κ1) is 22.3. The second kappa shape index (κ2) is 8.75. The second-order valence-corrected chi connectivity index (χ2v) is 8.95. The van der Waals surface area contributed by atoms with E-state index in [0.29, 0.717) is 47.6 Å². The summed E-state index contributed by atoms with van der Waals surface area (Å²) in [4.78, 5) is 26.8. The maximum absolute atomic E-state index is 14.4. The van der Waals surface area contributed by atoms with E-state index in [4.69, 9.17) is 9.47 Å². The van der Waals surface area contributed by atoms with Crippen molar-refractivity contribution in [3.8, 4) is 5.75 Å². The molecule has 30 heavy (non-hydrogen) atoms. The number of halogens is 2. The van der Waals surface area contributed by atoms with E-state index >= 15 is 0 Å². The lowest BCUT2D eigenvalue weighted by atomic mass is 9.88. The quantitative estimate of drug-likeness (QED) is 0.649. The standard InChI is InChI=1S/C21H25BrFN3O4/c1-21(2,3)30-20(28)26-19(27)18(22)15(12-24-26)25-10-8-13(9-11-25)17-14(23)6-5-7-16(17)29-4/h5-7,12-13H,8-11H2,1-4H3. The number of methoxy groups -OCH3 is 1. The molecule has 0 unspecified atom stereocenters. The largest absolute Gasteiger partial charge is 0.496 e. The predicted molar refractivity (Wildman–Crippen MR) is 115 cm³/mol. The van der Waals surface area contributed by atoms with Crippen LogP contribution in [0.15, 0.2) is 33.7 Å². The molecule has 1 aromatic carbocycles. The highest BCUT2D eigenvalue weighted by molar-refractivity contribution is 9.10. The minimum Gasteiger partial charge on any atom is -0.496 e. The molecule has 2 aromatic rings. The number of nitrogens with zero attached hydrogens (tertiary/aromatic N) is 3. The second-order valence-electron chi connectivity index (χ2n) is 8.16. The fraction of sp³-hybridized carbons (Fsp3) is 0.476. The first-order valence-corrected chi connectivity index (χ1v) is 10.5. The number of rotatable bonds is 3. The Bertz CT molecular complexity index is 995. The molecule has 1 saturated heterocycles. The van der Waals surface area contributed by atoms with Crippen molar-refractivity contribution in [3.05, 3.63) is 50.6 Å². The van der Waals surface area contributed by atoms with Crippen molar-refractivity contribution in [1.29, 1.82) is 0 Å². The predicted octanol–water partition coefficient (Wildman–Crippen LogP) is 4.32. The number of anilines is 1. The van der Waals surface area contributed by atoms with Crippen LogP contribution in [0.1, 0.15) is 45.1 Å². The average molecular weight is 482 g/mol. The van der Waals surface area contributed by atoms with E-state index in [1.165, 1.54) is 19.4 Å². The van der Waals surface area contributed by atoms with Crippen molar-refractivity contribution < 1.29 is 18.7 Å². The fourth-order valence-electron chi connectivity index (χ4n) is 3.58. The molecule has 162 valence electrons. The lowest BCUT2D eigenvalue weighted by Crippen LogP contribution is -2.38. The zero-order chi connectivity index (χ0) is 22.1. The minimum atomic E-state index is -0.829. The van der Waals surface area contributed by atoms with Gasteiger partial charge >= 0.3 is 6.09 Å². The summed E-state index contributed by atoms with van der Waals surface area (Å²) in [5, 5.41) is 3.99. The third-order valence-electron chi connectivity index (χ3n) is 4.94. The van der Waals surface area contributed by atoms with Crippen molar-refractivity contribution in [2.75, 3.05) is 25.1 Å². The van der Waals surface area contributed by atoms with Gasteiger partial charge in [0.25, 0.3) is 5.56 Å². The third kappa shape index (κ3) is 4.66. The summed E-state index contributed by atoms with van der Waals surface area (Å²) in [6.07, 6.45) is 2.03. The van der Waals surface area contributed by atoms with E-state index in [9.17, 15) is 14.0 Å². The van der Waals surface area contributed by atoms with Crippen LogP contribution in [-0.2, 0) is 4.74 Å². The lowest BCUT2D eigenvalue weighted by molar-refractivity contribution is 0.0505. The van der Waals surface area contributed by atoms with Gasteiger partial charge in [-0.1, -0.05) is 6.07 Å². The van der Waals surface area contributed by atoms with Crippen molar-refractivity contribution >= 4 is 27.7 Å². The molecule has 1 aromatic heterocycles. The van der Waals surface area contributed by atoms with Crippen LogP contribution in [0.3, 0.4) is 0 Å². The molecule has 3 rings (SSSR count). The van der Waals surface area contributed by atoms with Crippen LogP contribution < -0.4 is 15.2 Å². The van der Waals surface area contributed by atoms with E-state index < -0.39 is 17.3 Å². The van der Waals surface area contributed by atoms with Crippen molar-refractivity contribution in [2.24, 2.45) is 0 Å². The molecule has 0 amide bonds.